The molecular weight excluding hydrogens is 318 g/mol. The van der Waals surface area contributed by atoms with Gasteiger partial charge >= 0.3 is 5.69 Å². The zero-order valence-electron chi connectivity index (χ0n) is 13.2. The third-order valence-electron chi connectivity index (χ3n) is 3.12. The number of aromatic nitrogens is 2. The van der Waals surface area contributed by atoms with Crippen LogP contribution in [0.25, 0.3) is 0 Å². The molecule has 0 saturated heterocycles. The Bertz CT molecular complexity index is 799. The lowest BCUT2D eigenvalue weighted by atomic mass is 10.2. The SMILES string of the molecule is COc1ccc(C=NNC(=O)c2c([N+](=O)[O-])cnn2C)cc1OC. The van der Waals surface area contributed by atoms with Crippen molar-refractivity contribution in [3.63, 3.8) is 0 Å². The smallest absolute Gasteiger partial charge is 0.320 e. The molecule has 0 radical (unpaired) electrons. The first-order chi connectivity index (χ1) is 11.5. The molecule has 24 heavy (non-hydrogen) atoms. The van der Waals surface area contributed by atoms with Gasteiger partial charge in [0.1, 0.15) is 6.20 Å². The van der Waals surface area contributed by atoms with Gasteiger partial charge in [-0.1, -0.05) is 0 Å². The van der Waals surface area contributed by atoms with Crippen LogP contribution in [0.5, 0.6) is 11.5 Å². The van der Waals surface area contributed by atoms with Crippen LogP contribution in [0.1, 0.15) is 16.1 Å². The molecule has 0 aliphatic rings. The number of nitrogens with zero attached hydrogens (tertiary/aromatic N) is 4. The van der Waals surface area contributed by atoms with E-state index in [9.17, 15) is 14.9 Å². The van der Waals surface area contributed by atoms with Gasteiger partial charge in [-0.25, -0.2) is 5.43 Å². The van der Waals surface area contributed by atoms with E-state index in [0.717, 1.165) is 10.9 Å². The van der Waals surface area contributed by atoms with Gasteiger partial charge in [-0.3, -0.25) is 19.6 Å². The molecule has 0 aliphatic heterocycles. The van der Waals surface area contributed by atoms with Gasteiger partial charge in [-0.2, -0.15) is 10.2 Å². The standard InChI is InChI=1S/C14H15N5O5/c1-18-13(10(8-16-18)19(21)22)14(20)17-15-7-9-4-5-11(23-2)12(6-9)24-3/h4-8H,1-3H3,(H,17,20). The lowest BCUT2D eigenvalue weighted by Gasteiger charge is -2.07. The van der Waals surface area contributed by atoms with Crippen LogP contribution in [0.4, 0.5) is 5.69 Å². The van der Waals surface area contributed by atoms with Crippen molar-refractivity contribution in [1.29, 1.82) is 0 Å². The van der Waals surface area contributed by atoms with Gasteiger partial charge < -0.3 is 9.47 Å². The van der Waals surface area contributed by atoms with Crippen molar-refractivity contribution in [2.45, 2.75) is 0 Å². The molecule has 0 bridgehead atoms. The Morgan fingerprint density at radius 1 is 1.38 bits per heavy atom. The fourth-order valence-electron chi connectivity index (χ4n) is 1.97. The monoisotopic (exact) mass is 333 g/mol. The molecule has 1 amide bonds. The predicted molar refractivity (Wildman–Crippen MR) is 84.5 cm³/mol. The first-order valence-corrected chi connectivity index (χ1v) is 6.69. The molecule has 2 aromatic rings. The summed E-state index contributed by atoms with van der Waals surface area (Å²) in [4.78, 5) is 22.2. The normalized spacial score (nSPS) is 10.6. The molecule has 1 aromatic carbocycles. The minimum atomic E-state index is -0.738. The second-order valence-corrected chi connectivity index (χ2v) is 4.57. The number of methoxy groups -OCH3 is 2. The number of ether oxygens (including phenoxy) is 2. The number of carbonyl (C=O) groups is 1. The third-order valence-corrected chi connectivity index (χ3v) is 3.12. The van der Waals surface area contributed by atoms with Gasteiger partial charge in [0, 0.05) is 7.05 Å². The molecule has 1 aromatic heterocycles. The van der Waals surface area contributed by atoms with Gasteiger partial charge in [0.15, 0.2) is 11.5 Å². The highest BCUT2D eigenvalue weighted by atomic mass is 16.6. The molecule has 0 atom stereocenters. The number of carbonyl (C=O) groups excluding carboxylic acids is 1. The molecule has 0 saturated carbocycles. The van der Waals surface area contributed by atoms with E-state index in [1.807, 2.05) is 0 Å². The Morgan fingerprint density at radius 2 is 2.08 bits per heavy atom. The van der Waals surface area contributed by atoms with Gasteiger partial charge in [0.05, 0.1) is 25.4 Å². The quantitative estimate of drug-likeness (QED) is 0.480. The predicted octanol–water partition coefficient (Wildman–Crippen LogP) is 1.11. The van der Waals surface area contributed by atoms with Crippen LogP contribution in [0.2, 0.25) is 0 Å². The number of hydrogen-bond donors (Lipinski definition) is 1. The summed E-state index contributed by atoms with van der Waals surface area (Å²) in [6.07, 6.45) is 2.38. The Balaban J connectivity index is 2.13. The summed E-state index contributed by atoms with van der Waals surface area (Å²) in [5, 5.41) is 18.4. The van der Waals surface area contributed by atoms with Crippen LogP contribution in [0, 0.1) is 10.1 Å². The van der Waals surface area contributed by atoms with Crippen molar-refractivity contribution in [2.75, 3.05) is 14.2 Å². The number of aryl methyl sites for hydroxylation is 1. The maximum absolute atomic E-state index is 12.0. The fourth-order valence-corrected chi connectivity index (χ4v) is 1.97. The number of hydrogen-bond acceptors (Lipinski definition) is 7. The maximum atomic E-state index is 12.0. The van der Waals surface area contributed by atoms with Crippen molar-refractivity contribution in [3.8, 4) is 11.5 Å². The average molecular weight is 333 g/mol. The first-order valence-electron chi connectivity index (χ1n) is 6.69. The molecular formula is C14H15N5O5. The summed E-state index contributed by atoms with van der Waals surface area (Å²) in [6.45, 7) is 0. The summed E-state index contributed by atoms with van der Waals surface area (Å²) in [5.41, 5.74) is 2.29. The highest BCUT2D eigenvalue weighted by Gasteiger charge is 2.25. The molecule has 0 aliphatic carbocycles. The molecule has 0 unspecified atom stereocenters. The Labute approximate surface area is 136 Å². The van der Waals surface area contributed by atoms with Crippen LogP contribution in [-0.2, 0) is 7.05 Å². The number of nitro groups is 1. The summed E-state index contributed by atoms with van der Waals surface area (Å²) in [7, 11) is 4.45. The molecule has 10 heteroatoms. The van der Waals surface area contributed by atoms with E-state index in [1.54, 1.807) is 18.2 Å². The molecule has 1 heterocycles. The van der Waals surface area contributed by atoms with Crippen LogP contribution in [0.3, 0.4) is 0 Å². The van der Waals surface area contributed by atoms with Crippen molar-refractivity contribution >= 4 is 17.8 Å². The molecule has 2 rings (SSSR count). The minimum Gasteiger partial charge on any atom is -0.493 e. The second-order valence-electron chi connectivity index (χ2n) is 4.57. The lowest BCUT2D eigenvalue weighted by Crippen LogP contribution is -2.22. The summed E-state index contributed by atoms with van der Waals surface area (Å²) in [5.74, 6) is 0.331. The molecule has 10 nitrogen and oxygen atoms in total. The van der Waals surface area contributed by atoms with Gasteiger partial charge in [-0.15, -0.1) is 0 Å². The van der Waals surface area contributed by atoms with Crippen LogP contribution < -0.4 is 14.9 Å². The third kappa shape index (κ3) is 3.48. The number of hydrazone groups is 1. The zero-order chi connectivity index (χ0) is 17.7. The van der Waals surface area contributed by atoms with Crippen molar-refractivity contribution in [2.24, 2.45) is 12.1 Å². The number of benzene rings is 1. The van der Waals surface area contributed by atoms with Gasteiger partial charge in [0.2, 0.25) is 5.69 Å². The van der Waals surface area contributed by atoms with E-state index in [2.05, 4.69) is 15.6 Å². The largest absolute Gasteiger partial charge is 0.493 e. The van der Waals surface area contributed by atoms with Crippen LogP contribution >= 0.6 is 0 Å². The van der Waals surface area contributed by atoms with E-state index >= 15 is 0 Å². The topological polar surface area (TPSA) is 121 Å². The summed E-state index contributed by atoms with van der Waals surface area (Å²) < 4.78 is 11.4. The maximum Gasteiger partial charge on any atom is 0.320 e. The van der Waals surface area contributed by atoms with Crippen LogP contribution in [-0.4, -0.2) is 41.0 Å². The molecule has 1 N–H and O–H groups in total. The summed E-state index contributed by atoms with van der Waals surface area (Å²) >= 11 is 0. The number of amides is 1. The Hall–Kier alpha value is -3.43. The Morgan fingerprint density at radius 3 is 2.71 bits per heavy atom. The van der Waals surface area contributed by atoms with Gasteiger partial charge in [-0.05, 0) is 23.8 Å². The van der Waals surface area contributed by atoms with E-state index in [4.69, 9.17) is 9.47 Å². The number of nitrogens with one attached hydrogen (secondary N) is 1. The minimum absolute atomic E-state index is 0.190. The molecule has 0 fully saturated rings. The van der Waals surface area contributed by atoms with E-state index < -0.39 is 16.5 Å². The number of rotatable bonds is 6. The van der Waals surface area contributed by atoms with Crippen LogP contribution in [0.15, 0.2) is 29.5 Å². The highest BCUT2D eigenvalue weighted by molar-refractivity contribution is 5.96. The Kier molecular flexibility index (Phi) is 5.09. The van der Waals surface area contributed by atoms with E-state index in [-0.39, 0.29) is 5.69 Å². The van der Waals surface area contributed by atoms with Crippen molar-refractivity contribution in [1.82, 2.24) is 15.2 Å². The average Bonchev–Trinajstić information content (AvgIpc) is 2.96. The van der Waals surface area contributed by atoms with E-state index in [1.165, 1.54) is 27.5 Å². The summed E-state index contributed by atoms with van der Waals surface area (Å²) in [6, 6.07) is 5.07. The van der Waals surface area contributed by atoms with Crippen molar-refractivity contribution in [3.05, 3.63) is 45.8 Å². The highest BCUT2D eigenvalue weighted by Crippen LogP contribution is 2.26. The second kappa shape index (κ2) is 7.22. The fraction of sp³-hybridized carbons (Fsp3) is 0.214. The van der Waals surface area contributed by atoms with Gasteiger partial charge in [0.25, 0.3) is 5.91 Å². The first kappa shape index (κ1) is 16.9. The van der Waals surface area contributed by atoms with Crippen molar-refractivity contribution < 1.29 is 19.2 Å². The lowest BCUT2D eigenvalue weighted by molar-refractivity contribution is -0.385. The molecule has 0 spiro atoms. The molecule has 126 valence electrons. The van der Waals surface area contributed by atoms with E-state index in [0.29, 0.717) is 17.1 Å². The zero-order valence-corrected chi connectivity index (χ0v) is 13.2.